The van der Waals surface area contributed by atoms with Crippen molar-refractivity contribution in [3.63, 3.8) is 0 Å². The Morgan fingerprint density at radius 2 is 2.08 bits per heavy atom. The number of alkyl halides is 2. The molecule has 0 unspecified atom stereocenters. The Morgan fingerprint density at radius 1 is 1.32 bits per heavy atom. The fraction of sp³-hybridized carbons (Fsp3) is 0.176. The molecule has 0 spiro atoms. The highest BCUT2D eigenvalue weighted by molar-refractivity contribution is 6.04. The molecule has 0 aliphatic heterocycles. The molecule has 1 amide bonds. The normalized spacial score (nSPS) is 11.2. The molecule has 1 heterocycles. The molecule has 0 saturated heterocycles. The van der Waals surface area contributed by atoms with Gasteiger partial charge >= 0.3 is 6.61 Å². The van der Waals surface area contributed by atoms with Crippen LogP contribution in [-0.4, -0.2) is 22.7 Å². The standard InChI is InChI=1S/C17H14F3N3O2/c1-2-8-5-12-14(11-7-9(18)3-4-10(11)16(21)24)22-23-15(12)13(6-8)25-17(19)20/h3-7,17H,2H2,1H3,(H2,21,24)(H,22,23). The monoisotopic (exact) mass is 349 g/mol. The lowest BCUT2D eigenvalue weighted by Gasteiger charge is -2.09. The number of carbonyl (C=O) groups excluding carboxylic acids is 1. The summed E-state index contributed by atoms with van der Waals surface area (Å²) in [5.41, 5.74) is 6.78. The van der Waals surface area contributed by atoms with E-state index in [0.29, 0.717) is 11.8 Å². The van der Waals surface area contributed by atoms with Crippen molar-refractivity contribution < 1.29 is 22.7 Å². The van der Waals surface area contributed by atoms with Gasteiger partial charge in [0.05, 0.1) is 0 Å². The number of fused-ring (bicyclic) bond motifs is 1. The third kappa shape index (κ3) is 3.15. The van der Waals surface area contributed by atoms with Gasteiger partial charge in [-0.2, -0.15) is 13.9 Å². The highest BCUT2D eigenvalue weighted by atomic mass is 19.3. The van der Waals surface area contributed by atoms with Crippen molar-refractivity contribution in [3.05, 3.63) is 47.3 Å². The highest BCUT2D eigenvalue weighted by Crippen LogP contribution is 2.35. The first-order valence-electron chi connectivity index (χ1n) is 7.46. The van der Waals surface area contributed by atoms with Crippen molar-refractivity contribution in [1.82, 2.24) is 10.2 Å². The number of nitrogens with zero attached hydrogens (tertiary/aromatic N) is 1. The van der Waals surface area contributed by atoms with E-state index in [1.54, 1.807) is 6.07 Å². The second-order valence-corrected chi connectivity index (χ2v) is 5.37. The third-order valence-electron chi connectivity index (χ3n) is 3.82. The Bertz CT molecular complexity index is 954. The number of primary amides is 1. The summed E-state index contributed by atoms with van der Waals surface area (Å²) in [4.78, 5) is 11.6. The predicted octanol–water partition coefficient (Wildman–Crippen LogP) is 3.63. The number of aromatic nitrogens is 2. The van der Waals surface area contributed by atoms with Crippen LogP contribution in [0.2, 0.25) is 0 Å². The minimum Gasteiger partial charge on any atom is -0.433 e. The van der Waals surface area contributed by atoms with Crippen LogP contribution in [0, 0.1) is 5.82 Å². The van der Waals surface area contributed by atoms with Gasteiger partial charge in [0.25, 0.3) is 0 Å². The van der Waals surface area contributed by atoms with Crippen molar-refractivity contribution in [2.24, 2.45) is 5.73 Å². The molecule has 3 rings (SSSR count). The van der Waals surface area contributed by atoms with Gasteiger partial charge < -0.3 is 10.5 Å². The number of benzene rings is 2. The quantitative estimate of drug-likeness (QED) is 0.738. The molecule has 0 bridgehead atoms. The third-order valence-corrected chi connectivity index (χ3v) is 3.82. The fourth-order valence-electron chi connectivity index (χ4n) is 2.67. The van der Waals surface area contributed by atoms with Crippen LogP contribution in [0.4, 0.5) is 13.2 Å². The van der Waals surface area contributed by atoms with Crippen molar-refractivity contribution in [2.75, 3.05) is 0 Å². The molecule has 130 valence electrons. The van der Waals surface area contributed by atoms with E-state index in [9.17, 15) is 18.0 Å². The Hall–Kier alpha value is -3.03. The van der Waals surface area contributed by atoms with E-state index in [1.165, 1.54) is 12.1 Å². The molecule has 1 aromatic heterocycles. The molecule has 3 aromatic rings. The molecule has 0 aliphatic carbocycles. The van der Waals surface area contributed by atoms with Crippen LogP contribution in [0.25, 0.3) is 22.2 Å². The first-order valence-corrected chi connectivity index (χ1v) is 7.46. The smallest absolute Gasteiger partial charge is 0.387 e. The zero-order valence-corrected chi connectivity index (χ0v) is 13.1. The fourth-order valence-corrected chi connectivity index (χ4v) is 2.67. The second kappa shape index (κ2) is 6.46. The van der Waals surface area contributed by atoms with E-state index in [4.69, 9.17) is 5.73 Å². The molecular formula is C17H14F3N3O2. The maximum Gasteiger partial charge on any atom is 0.387 e. The number of hydrogen-bond donors (Lipinski definition) is 2. The van der Waals surface area contributed by atoms with Crippen molar-refractivity contribution in [2.45, 2.75) is 20.0 Å². The number of carbonyl (C=O) groups is 1. The first kappa shape index (κ1) is 16.8. The lowest BCUT2D eigenvalue weighted by molar-refractivity contribution is -0.0489. The maximum absolute atomic E-state index is 13.7. The van der Waals surface area contributed by atoms with Crippen LogP contribution < -0.4 is 10.5 Å². The molecule has 0 aliphatic rings. The number of hydrogen-bond acceptors (Lipinski definition) is 3. The average Bonchev–Trinajstić information content (AvgIpc) is 2.97. The zero-order valence-electron chi connectivity index (χ0n) is 13.1. The van der Waals surface area contributed by atoms with Gasteiger partial charge in [0.15, 0.2) is 5.75 Å². The Kier molecular flexibility index (Phi) is 4.35. The number of halogens is 3. The Balaban J connectivity index is 2.29. The van der Waals surface area contributed by atoms with Gasteiger partial charge in [-0.15, -0.1) is 0 Å². The zero-order chi connectivity index (χ0) is 18.1. The molecule has 25 heavy (non-hydrogen) atoms. The van der Waals surface area contributed by atoms with Crippen LogP contribution >= 0.6 is 0 Å². The van der Waals surface area contributed by atoms with E-state index in [2.05, 4.69) is 14.9 Å². The second-order valence-electron chi connectivity index (χ2n) is 5.37. The number of H-pyrrole nitrogens is 1. The van der Waals surface area contributed by atoms with Crippen LogP contribution in [0.3, 0.4) is 0 Å². The molecule has 0 fully saturated rings. The average molecular weight is 349 g/mol. The van der Waals surface area contributed by atoms with Crippen LogP contribution in [0.5, 0.6) is 5.75 Å². The van der Waals surface area contributed by atoms with Gasteiger partial charge in [-0.25, -0.2) is 4.39 Å². The number of rotatable bonds is 5. The summed E-state index contributed by atoms with van der Waals surface area (Å²) in [6.45, 7) is -1.15. The van der Waals surface area contributed by atoms with E-state index in [-0.39, 0.29) is 28.1 Å². The lowest BCUT2D eigenvalue weighted by Crippen LogP contribution is -2.12. The number of ether oxygens (including phenoxy) is 1. The van der Waals surface area contributed by atoms with Gasteiger partial charge in [0.2, 0.25) is 5.91 Å². The summed E-state index contributed by atoms with van der Waals surface area (Å²) in [5, 5.41) is 7.12. The maximum atomic E-state index is 13.7. The summed E-state index contributed by atoms with van der Waals surface area (Å²) in [6, 6.07) is 6.70. The number of aromatic amines is 1. The Labute approximate surface area is 140 Å². The molecule has 5 nitrogen and oxygen atoms in total. The lowest BCUT2D eigenvalue weighted by atomic mass is 9.99. The summed E-state index contributed by atoms with van der Waals surface area (Å²) in [6.07, 6.45) is 0.561. The van der Waals surface area contributed by atoms with Gasteiger partial charge in [-0.3, -0.25) is 9.89 Å². The number of aryl methyl sites for hydroxylation is 1. The largest absolute Gasteiger partial charge is 0.433 e. The molecule has 0 atom stereocenters. The number of nitrogens with two attached hydrogens (primary N) is 1. The molecule has 0 radical (unpaired) electrons. The summed E-state index contributed by atoms with van der Waals surface area (Å²) in [5.74, 6) is -1.39. The first-order chi connectivity index (χ1) is 11.9. The highest BCUT2D eigenvalue weighted by Gasteiger charge is 2.20. The van der Waals surface area contributed by atoms with E-state index in [1.807, 2.05) is 6.92 Å². The molecule has 2 aromatic carbocycles. The predicted molar refractivity (Wildman–Crippen MR) is 86.0 cm³/mol. The number of amides is 1. The van der Waals surface area contributed by atoms with Crippen LogP contribution in [0.15, 0.2) is 30.3 Å². The molecule has 3 N–H and O–H groups in total. The van der Waals surface area contributed by atoms with Gasteiger partial charge in [-0.05, 0) is 42.3 Å². The minimum atomic E-state index is -3.00. The minimum absolute atomic E-state index is 0.0693. The SMILES string of the molecule is CCc1cc(OC(F)F)c2[nH]nc(-c3cc(F)ccc3C(N)=O)c2c1. The van der Waals surface area contributed by atoms with E-state index in [0.717, 1.165) is 17.7 Å². The topological polar surface area (TPSA) is 81.0 Å². The van der Waals surface area contributed by atoms with Crippen LogP contribution in [-0.2, 0) is 6.42 Å². The van der Waals surface area contributed by atoms with Gasteiger partial charge in [0, 0.05) is 16.5 Å². The van der Waals surface area contributed by atoms with Gasteiger partial charge in [0.1, 0.15) is 17.0 Å². The summed E-state index contributed by atoms with van der Waals surface area (Å²) < 4.78 is 43.6. The summed E-state index contributed by atoms with van der Waals surface area (Å²) in [7, 11) is 0. The molecule has 8 heteroatoms. The van der Waals surface area contributed by atoms with Gasteiger partial charge in [-0.1, -0.05) is 6.92 Å². The van der Waals surface area contributed by atoms with Crippen LogP contribution in [0.1, 0.15) is 22.8 Å². The molecular weight excluding hydrogens is 335 g/mol. The summed E-state index contributed by atoms with van der Waals surface area (Å²) >= 11 is 0. The van der Waals surface area contributed by atoms with Crippen molar-refractivity contribution >= 4 is 16.8 Å². The van der Waals surface area contributed by atoms with Crippen molar-refractivity contribution in [3.8, 4) is 17.0 Å². The van der Waals surface area contributed by atoms with E-state index >= 15 is 0 Å². The Morgan fingerprint density at radius 3 is 2.72 bits per heavy atom. The molecule has 0 saturated carbocycles. The van der Waals surface area contributed by atoms with E-state index < -0.39 is 18.3 Å². The van der Waals surface area contributed by atoms with Crippen molar-refractivity contribution in [1.29, 1.82) is 0 Å². The number of nitrogens with one attached hydrogen (secondary N) is 1.